The Morgan fingerprint density at radius 1 is 1.20 bits per heavy atom. The Labute approximate surface area is 93.8 Å². The van der Waals surface area contributed by atoms with E-state index in [0.717, 1.165) is 19.1 Å². The lowest BCUT2D eigenvalue weighted by Gasteiger charge is -2.42. The third-order valence-corrected chi connectivity index (χ3v) is 4.20. The van der Waals surface area contributed by atoms with E-state index in [2.05, 4.69) is 5.32 Å². The predicted molar refractivity (Wildman–Crippen MR) is 63.0 cm³/mol. The van der Waals surface area contributed by atoms with Gasteiger partial charge in [0.2, 0.25) is 0 Å². The van der Waals surface area contributed by atoms with Crippen LogP contribution in [0.5, 0.6) is 0 Å². The first kappa shape index (κ1) is 11.4. The first-order valence-corrected chi connectivity index (χ1v) is 6.63. The fourth-order valence-corrected chi connectivity index (χ4v) is 2.86. The van der Waals surface area contributed by atoms with Gasteiger partial charge in [-0.05, 0) is 58.0 Å². The van der Waals surface area contributed by atoms with Crippen LogP contribution in [0.1, 0.15) is 51.4 Å². The van der Waals surface area contributed by atoms with Crippen molar-refractivity contribution in [2.75, 3.05) is 20.2 Å². The molecule has 2 saturated carbocycles. The van der Waals surface area contributed by atoms with Crippen molar-refractivity contribution >= 4 is 0 Å². The lowest BCUT2D eigenvalue weighted by molar-refractivity contribution is -0.114. The van der Waals surface area contributed by atoms with Crippen LogP contribution >= 0.6 is 0 Å². The van der Waals surface area contributed by atoms with Crippen LogP contribution in [0.25, 0.3) is 0 Å². The summed E-state index contributed by atoms with van der Waals surface area (Å²) in [6.07, 6.45) is 10.8. The molecule has 2 nitrogen and oxygen atoms in total. The molecule has 0 unspecified atom stereocenters. The molecule has 0 aromatic rings. The van der Waals surface area contributed by atoms with E-state index in [1.54, 1.807) is 0 Å². The summed E-state index contributed by atoms with van der Waals surface area (Å²) in [5.41, 5.74) is 0.269. The highest BCUT2D eigenvalue weighted by atomic mass is 16.5. The van der Waals surface area contributed by atoms with E-state index < -0.39 is 0 Å². The molecule has 0 heterocycles. The summed E-state index contributed by atoms with van der Waals surface area (Å²) in [6, 6.07) is 0. The summed E-state index contributed by atoms with van der Waals surface area (Å²) in [7, 11) is 2.03. The fraction of sp³-hybridized carbons (Fsp3) is 1.00. The van der Waals surface area contributed by atoms with E-state index in [9.17, 15) is 0 Å². The molecule has 2 heteroatoms. The molecule has 15 heavy (non-hydrogen) atoms. The van der Waals surface area contributed by atoms with Gasteiger partial charge in [-0.3, -0.25) is 0 Å². The monoisotopic (exact) mass is 211 g/mol. The van der Waals surface area contributed by atoms with E-state index in [1.165, 1.54) is 51.4 Å². The standard InChI is InChI=1S/C13H25NO/c1-14-10-9-13(7-4-8-13)15-11-12-5-2-3-6-12/h12,14H,2-11H2,1H3. The van der Waals surface area contributed by atoms with Crippen LogP contribution in [0.2, 0.25) is 0 Å². The molecule has 0 saturated heterocycles. The number of rotatable bonds is 6. The summed E-state index contributed by atoms with van der Waals surface area (Å²) in [4.78, 5) is 0. The van der Waals surface area contributed by atoms with E-state index >= 15 is 0 Å². The van der Waals surface area contributed by atoms with Crippen LogP contribution in [0.15, 0.2) is 0 Å². The lowest BCUT2D eigenvalue weighted by atomic mass is 9.77. The quantitative estimate of drug-likeness (QED) is 0.729. The van der Waals surface area contributed by atoms with Crippen LogP contribution < -0.4 is 5.32 Å². The largest absolute Gasteiger partial charge is 0.375 e. The zero-order chi connectivity index (χ0) is 10.6. The molecule has 0 amide bonds. The molecule has 2 aliphatic carbocycles. The maximum absolute atomic E-state index is 6.21. The van der Waals surface area contributed by atoms with Gasteiger partial charge >= 0.3 is 0 Å². The van der Waals surface area contributed by atoms with Crippen molar-refractivity contribution in [3.8, 4) is 0 Å². The number of ether oxygens (including phenoxy) is 1. The molecular formula is C13H25NO. The first-order chi connectivity index (χ1) is 7.35. The van der Waals surface area contributed by atoms with Gasteiger partial charge in [0.25, 0.3) is 0 Å². The smallest absolute Gasteiger partial charge is 0.0694 e. The van der Waals surface area contributed by atoms with Gasteiger partial charge in [-0.25, -0.2) is 0 Å². The van der Waals surface area contributed by atoms with Crippen molar-refractivity contribution < 1.29 is 4.74 Å². The predicted octanol–water partition coefficient (Wildman–Crippen LogP) is 2.73. The number of nitrogens with one attached hydrogen (secondary N) is 1. The second-order valence-corrected chi connectivity index (χ2v) is 5.35. The maximum atomic E-state index is 6.21. The molecular weight excluding hydrogens is 186 g/mol. The summed E-state index contributed by atoms with van der Waals surface area (Å²) in [5.74, 6) is 0.872. The van der Waals surface area contributed by atoms with Gasteiger partial charge < -0.3 is 10.1 Å². The molecule has 0 spiro atoms. The van der Waals surface area contributed by atoms with Crippen molar-refractivity contribution in [2.24, 2.45) is 5.92 Å². The van der Waals surface area contributed by atoms with Crippen LogP contribution in [0.4, 0.5) is 0 Å². The zero-order valence-corrected chi connectivity index (χ0v) is 10.1. The molecule has 0 radical (unpaired) electrons. The highest BCUT2D eigenvalue weighted by Gasteiger charge is 2.37. The molecule has 2 fully saturated rings. The van der Waals surface area contributed by atoms with Gasteiger partial charge in [0, 0.05) is 0 Å². The van der Waals surface area contributed by atoms with Crippen molar-refractivity contribution in [1.82, 2.24) is 5.32 Å². The van der Waals surface area contributed by atoms with Crippen LogP contribution in [-0.2, 0) is 4.74 Å². The Bertz CT molecular complexity index is 183. The average molecular weight is 211 g/mol. The normalized spacial score (nSPS) is 25.4. The van der Waals surface area contributed by atoms with E-state index in [-0.39, 0.29) is 5.60 Å². The third-order valence-electron chi connectivity index (χ3n) is 4.20. The molecule has 88 valence electrons. The zero-order valence-electron chi connectivity index (χ0n) is 10.1. The van der Waals surface area contributed by atoms with Crippen LogP contribution in [-0.4, -0.2) is 25.8 Å². The number of hydrogen-bond donors (Lipinski definition) is 1. The Kier molecular flexibility index (Phi) is 4.04. The molecule has 0 atom stereocenters. The minimum Gasteiger partial charge on any atom is -0.375 e. The van der Waals surface area contributed by atoms with E-state index in [0.29, 0.717) is 0 Å². The molecule has 0 aromatic heterocycles. The van der Waals surface area contributed by atoms with Crippen molar-refractivity contribution in [3.05, 3.63) is 0 Å². The highest BCUT2D eigenvalue weighted by molar-refractivity contribution is 4.90. The first-order valence-electron chi connectivity index (χ1n) is 6.63. The summed E-state index contributed by atoms with van der Waals surface area (Å²) >= 11 is 0. The fourth-order valence-electron chi connectivity index (χ4n) is 2.86. The Balaban J connectivity index is 1.69. The minimum absolute atomic E-state index is 0.269. The summed E-state index contributed by atoms with van der Waals surface area (Å²) < 4.78 is 6.21. The van der Waals surface area contributed by atoms with Gasteiger partial charge in [0.1, 0.15) is 0 Å². The van der Waals surface area contributed by atoms with Gasteiger partial charge in [-0.15, -0.1) is 0 Å². The molecule has 0 aromatic carbocycles. The highest BCUT2D eigenvalue weighted by Crippen LogP contribution is 2.39. The van der Waals surface area contributed by atoms with Crippen molar-refractivity contribution in [2.45, 2.75) is 57.0 Å². The third kappa shape index (κ3) is 2.94. The number of hydrogen-bond acceptors (Lipinski definition) is 2. The van der Waals surface area contributed by atoms with Gasteiger partial charge in [-0.2, -0.15) is 0 Å². The second kappa shape index (κ2) is 5.31. The second-order valence-electron chi connectivity index (χ2n) is 5.35. The van der Waals surface area contributed by atoms with Gasteiger partial charge in [0.05, 0.1) is 12.2 Å². The Morgan fingerprint density at radius 2 is 1.93 bits per heavy atom. The topological polar surface area (TPSA) is 21.3 Å². The van der Waals surface area contributed by atoms with E-state index in [4.69, 9.17) is 4.74 Å². The van der Waals surface area contributed by atoms with Crippen molar-refractivity contribution in [1.29, 1.82) is 0 Å². The van der Waals surface area contributed by atoms with Crippen molar-refractivity contribution in [3.63, 3.8) is 0 Å². The Morgan fingerprint density at radius 3 is 2.47 bits per heavy atom. The van der Waals surface area contributed by atoms with Gasteiger partial charge in [0.15, 0.2) is 0 Å². The van der Waals surface area contributed by atoms with E-state index in [1.807, 2.05) is 7.05 Å². The lowest BCUT2D eigenvalue weighted by Crippen LogP contribution is -2.43. The van der Waals surface area contributed by atoms with Crippen LogP contribution in [0.3, 0.4) is 0 Å². The summed E-state index contributed by atoms with van der Waals surface area (Å²) in [6.45, 7) is 2.13. The Hall–Kier alpha value is -0.0800. The maximum Gasteiger partial charge on any atom is 0.0694 e. The molecule has 0 aliphatic heterocycles. The SMILES string of the molecule is CNCCC1(OCC2CCCC2)CCC1. The minimum atomic E-state index is 0.269. The van der Waals surface area contributed by atoms with Crippen LogP contribution in [0, 0.1) is 5.92 Å². The molecule has 1 N–H and O–H groups in total. The summed E-state index contributed by atoms with van der Waals surface area (Å²) in [5, 5.41) is 3.24. The molecule has 2 rings (SSSR count). The average Bonchev–Trinajstić information content (AvgIpc) is 2.68. The molecule has 0 bridgehead atoms. The van der Waals surface area contributed by atoms with Gasteiger partial charge in [-0.1, -0.05) is 12.8 Å². The molecule has 2 aliphatic rings.